The average Bonchev–Trinajstić information content (AvgIpc) is 3.15. The van der Waals surface area contributed by atoms with E-state index in [1.165, 1.54) is 11.1 Å². The second kappa shape index (κ2) is 12.0. The highest BCUT2D eigenvalue weighted by Gasteiger charge is 2.16. The molecule has 2 aromatic heterocycles. The van der Waals surface area contributed by atoms with Crippen LogP contribution in [0.25, 0.3) is 78.4 Å². The van der Waals surface area contributed by atoms with Gasteiger partial charge in [0.2, 0.25) is 0 Å². The molecule has 0 aliphatic rings. The van der Waals surface area contributed by atoms with Crippen molar-refractivity contribution in [3.8, 4) is 67.5 Å². The number of rotatable bonds is 6. The van der Waals surface area contributed by atoms with Gasteiger partial charge in [-0.1, -0.05) is 158 Å². The van der Waals surface area contributed by atoms with Crippen LogP contribution in [-0.2, 0) is 0 Å². The number of aromatic nitrogens is 4. The molecule has 0 aliphatic heterocycles. The van der Waals surface area contributed by atoms with Gasteiger partial charge < -0.3 is 0 Å². The maximum absolute atomic E-state index is 4.92. The third-order valence-electron chi connectivity index (χ3n) is 8.21. The van der Waals surface area contributed by atoms with Crippen molar-refractivity contribution in [1.29, 1.82) is 0 Å². The van der Waals surface area contributed by atoms with Crippen molar-refractivity contribution < 1.29 is 0 Å². The Balaban J connectivity index is 1.22. The first-order chi connectivity index (χ1) is 22.8. The second-order valence-electron chi connectivity index (χ2n) is 11.1. The molecule has 8 rings (SSSR count). The molecular formula is C42H28N4. The Bertz CT molecular complexity index is 2210. The monoisotopic (exact) mass is 588 g/mol. The minimum absolute atomic E-state index is 0.632. The molecular weight excluding hydrogens is 560 g/mol. The van der Waals surface area contributed by atoms with Crippen molar-refractivity contribution in [2.45, 2.75) is 0 Å². The van der Waals surface area contributed by atoms with Crippen LogP contribution >= 0.6 is 0 Å². The maximum atomic E-state index is 4.92. The second-order valence-corrected chi connectivity index (χ2v) is 11.1. The van der Waals surface area contributed by atoms with Crippen LogP contribution in [0.1, 0.15) is 0 Å². The summed E-state index contributed by atoms with van der Waals surface area (Å²) in [7, 11) is 0. The van der Waals surface area contributed by atoms with Gasteiger partial charge in [0, 0.05) is 33.8 Å². The molecule has 0 N–H and O–H groups in total. The first-order valence-corrected chi connectivity index (χ1v) is 15.3. The Kier molecular flexibility index (Phi) is 7.14. The lowest BCUT2D eigenvalue weighted by atomic mass is 9.91. The van der Waals surface area contributed by atoms with E-state index in [4.69, 9.17) is 19.9 Å². The molecule has 216 valence electrons. The topological polar surface area (TPSA) is 51.6 Å². The molecule has 2 heterocycles. The number of hydrogen-bond acceptors (Lipinski definition) is 4. The molecule has 8 aromatic rings. The maximum Gasteiger partial charge on any atom is 0.164 e. The van der Waals surface area contributed by atoms with Crippen LogP contribution in [0.3, 0.4) is 0 Å². The highest BCUT2D eigenvalue weighted by atomic mass is 15.0. The van der Waals surface area contributed by atoms with Crippen molar-refractivity contribution in [3.05, 3.63) is 170 Å². The number of fused-ring (bicyclic) bond motifs is 1. The van der Waals surface area contributed by atoms with Gasteiger partial charge in [-0.25, -0.2) is 15.0 Å². The summed E-state index contributed by atoms with van der Waals surface area (Å²) in [6, 6.07) is 56.3. The van der Waals surface area contributed by atoms with E-state index < -0.39 is 0 Å². The van der Waals surface area contributed by atoms with Crippen LogP contribution in [0.15, 0.2) is 170 Å². The fourth-order valence-electron chi connectivity index (χ4n) is 5.87. The van der Waals surface area contributed by atoms with E-state index in [1.54, 1.807) is 0 Å². The van der Waals surface area contributed by atoms with Gasteiger partial charge in [0.25, 0.3) is 0 Å². The molecule has 0 spiro atoms. The van der Waals surface area contributed by atoms with E-state index in [2.05, 4.69) is 91.0 Å². The van der Waals surface area contributed by atoms with Crippen molar-refractivity contribution >= 4 is 10.9 Å². The van der Waals surface area contributed by atoms with Crippen LogP contribution in [0.4, 0.5) is 0 Å². The highest BCUT2D eigenvalue weighted by molar-refractivity contribution is 6.02. The van der Waals surface area contributed by atoms with Crippen LogP contribution in [0.2, 0.25) is 0 Å². The van der Waals surface area contributed by atoms with Gasteiger partial charge in [-0.05, 0) is 33.9 Å². The van der Waals surface area contributed by atoms with Gasteiger partial charge in [0.05, 0.1) is 5.52 Å². The fraction of sp³-hybridized carbons (Fsp3) is 0. The van der Waals surface area contributed by atoms with Gasteiger partial charge in [0.15, 0.2) is 17.5 Å². The number of benzene rings is 6. The minimum atomic E-state index is 0.632. The lowest BCUT2D eigenvalue weighted by Gasteiger charge is -2.15. The molecule has 0 saturated heterocycles. The summed E-state index contributed by atoms with van der Waals surface area (Å²) in [5, 5.41) is 1.10. The molecule has 4 nitrogen and oxygen atoms in total. The summed E-state index contributed by atoms with van der Waals surface area (Å²) in [4.78, 5) is 19.5. The molecule has 0 aliphatic carbocycles. The highest BCUT2D eigenvalue weighted by Crippen LogP contribution is 2.38. The Hall–Kier alpha value is -6.26. The Morgan fingerprint density at radius 2 is 0.739 bits per heavy atom. The van der Waals surface area contributed by atoms with Crippen LogP contribution in [0.5, 0.6) is 0 Å². The van der Waals surface area contributed by atoms with E-state index in [9.17, 15) is 0 Å². The van der Waals surface area contributed by atoms with E-state index in [0.717, 1.165) is 49.8 Å². The van der Waals surface area contributed by atoms with Gasteiger partial charge in [0.1, 0.15) is 0 Å². The molecule has 0 bridgehead atoms. The Labute approximate surface area is 267 Å². The molecule has 0 atom stereocenters. The first kappa shape index (κ1) is 27.3. The van der Waals surface area contributed by atoms with Gasteiger partial charge in [-0.2, -0.15) is 0 Å². The summed E-state index contributed by atoms with van der Waals surface area (Å²) in [6.45, 7) is 0. The van der Waals surface area contributed by atoms with E-state index in [0.29, 0.717) is 17.5 Å². The fourth-order valence-corrected chi connectivity index (χ4v) is 5.87. The molecule has 46 heavy (non-hydrogen) atoms. The predicted molar refractivity (Wildman–Crippen MR) is 188 cm³/mol. The molecule has 0 amide bonds. The average molecular weight is 589 g/mol. The molecule has 0 fully saturated rings. The molecule has 4 heteroatoms. The van der Waals surface area contributed by atoms with Crippen LogP contribution in [0, 0.1) is 0 Å². The van der Waals surface area contributed by atoms with Crippen molar-refractivity contribution in [2.75, 3.05) is 0 Å². The predicted octanol–water partition coefficient (Wildman–Crippen LogP) is 10.4. The zero-order valence-corrected chi connectivity index (χ0v) is 25.0. The number of hydrogen-bond donors (Lipinski definition) is 0. The molecule has 6 aromatic carbocycles. The standard InChI is InChI=1S/C42H28N4/c1-4-11-29(12-5-1)30-18-20-31(21-19-30)37-27-26-33-17-10-28-43-39(33)38(37)32-22-24-36(25-23-32)42-45-40(34-13-6-2-7-14-34)44-41(46-42)35-15-8-3-9-16-35/h1-28H. The molecule has 0 radical (unpaired) electrons. The lowest BCUT2D eigenvalue weighted by molar-refractivity contribution is 1.07. The third-order valence-corrected chi connectivity index (χ3v) is 8.21. The summed E-state index contributed by atoms with van der Waals surface area (Å²) in [5.74, 6) is 1.92. The van der Waals surface area contributed by atoms with E-state index in [-0.39, 0.29) is 0 Å². The SMILES string of the molecule is c1ccc(-c2ccc(-c3ccc4cccnc4c3-c3ccc(-c4nc(-c5ccccc5)nc(-c5ccccc5)n4)cc3)cc2)cc1. The van der Waals surface area contributed by atoms with Crippen molar-refractivity contribution in [1.82, 2.24) is 19.9 Å². The quantitative estimate of drug-likeness (QED) is 0.194. The van der Waals surface area contributed by atoms with Crippen LogP contribution in [-0.4, -0.2) is 19.9 Å². The number of nitrogens with zero attached hydrogens (tertiary/aromatic N) is 4. The summed E-state index contributed by atoms with van der Waals surface area (Å²) < 4.78 is 0. The van der Waals surface area contributed by atoms with E-state index >= 15 is 0 Å². The van der Waals surface area contributed by atoms with Crippen molar-refractivity contribution in [3.63, 3.8) is 0 Å². The van der Waals surface area contributed by atoms with Gasteiger partial charge in [-0.15, -0.1) is 0 Å². The Morgan fingerprint density at radius 3 is 1.30 bits per heavy atom. The zero-order chi connectivity index (χ0) is 30.7. The number of pyridine rings is 1. The minimum Gasteiger partial charge on any atom is -0.256 e. The third kappa shape index (κ3) is 5.33. The van der Waals surface area contributed by atoms with Crippen LogP contribution < -0.4 is 0 Å². The molecule has 0 saturated carbocycles. The summed E-state index contributed by atoms with van der Waals surface area (Å²) >= 11 is 0. The van der Waals surface area contributed by atoms with E-state index in [1.807, 2.05) is 79.0 Å². The lowest BCUT2D eigenvalue weighted by Crippen LogP contribution is -2.00. The first-order valence-electron chi connectivity index (χ1n) is 15.3. The van der Waals surface area contributed by atoms with Gasteiger partial charge >= 0.3 is 0 Å². The zero-order valence-electron chi connectivity index (χ0n) is 25.0. The smallest absolute Gasteiger partial charge is 0.164 e. The summed E-state index contributed by atoms with van der Waals surface area (Å²) in [6.07, 6.45) is 1.86. The summed E-state index contributed by atoms with van der Waals surface area (Å²) in [5.41, 5.74) is 10.6. The largest absolute Gasteiger partial charge is 0.256 e. The van der Waals surface area contributed by atoms with Crippen molar-refractivity contribution in [2.24, 2.45) is 0 Å². The molecule has 0 unspecified atom stereocenters. The Morgan fingerprint density at radius 1 is 0.304 bits per heavy atom. The normalized spacial score (nSPS) is 11.0. The van der Waals surface area contributed by atoms with Gasteiger partial charge in [-0.3, -0.25) is 4.98 Å².